The molecule has 1 aromatic heterocycles. The van der Waals surface area contributed by atoms with Gasteiger partial charge in [0.2, 0.25) is 5.91 Å². The number of methoxy groups -OCH3 is 1. The Morgan fingerprint density at radius 1 is 1.03 bits per heavy atom. The molecule has 0 fully saturated rings. The van der Waals surface area contributed by atoms with Gasteiger partial charge in [0.25, 0.3) is 0 Å². The number of aromatic nitrogens is 1. The van der Waals surface area contributed by atoms with Crippen molar-refractivity contribution in [1.29, 1.82) is 0 Å². The maximum atomic E-state index is 12.4. The van der Waals surface area contributed by atoms with Gasteiger partial charge in [-0.25, -0.2) is 4.79 Å². The fourth-order valence-electron chi connectivity index (χ4n) is 3.16. The van der Waals surface area contributed by atoms with Crippen molar-refractivity contribution in [3.63, 3.8) is 0 Å². The molecule has 0 saturated carbocycles. The number of aryl methyl sites for hydroxylation is 2. The number of carbonyl (C=O) groups excluding carboxylic acids is 2. The second-order valence-electron chi connectivity index (χ2n) is 9.29. The number of carbonyl (C=O) groups is 3. The third-order valence-electron chi connectivity index (χ3n) is 4.93. The van der Waals surface area contributed by atoms with Crippen molar-refractivity contribution >= 4 is 29.3 Å². The number of ether oxygens (including phenoxy) is 1. The number of hydrogen-bond acceptors (Lipinski definition) is 6. The second-order valence-corrected chi connectivity index (χ2v) is 9.29. The molecule has 0 spiro atoms. The first-order chi connectivity index (χ1) is 18.1. The Bertz CT molecular complexity index is 1220. The molecule has 10 nitrogen and oxygen atoms in total. The van der Waals surface area contributed by atoms with Crippen LogP contribution in [0.1, 0.15) is 49.8 Å². The first-order valence-electron chi connectivity index (χ1n) is 12.3. The van der Waals surface area contributed by atoms with E-state index >= 15 is 0 Å². The van der Waals surface area contributed by atoms with Crippen LogP contribution in [0.5, 0.6) is 5.75 Å². The Hall–Kier alpha value is -4.34. The van der Waals surface area contributed by atoms with E-state index in [1.807, 2.05) is 31.2 Å². The smallest absolute Gasteiger partial charge is 0.323 e. The van der Waals surface area contributed by atoms with Crippen LogP contribution in [0.4, 0.5) is 16.2 Å². The molecule has 0 aliphatic rings. The van der Waals surface area contributed by atoms with Crippen LogP contribution in [-0.4, -0.2) is 35.3 Å². The Balaban J connectivity index is 0.00000118. The summed E-state index contributed by atoms with van der Waals surface area (Å²) in [5.74, 6) is 0.542. The van der Waals surface area contributed by atoms with Crippen LogP contribution in [0.15, 0.2) is 53.1 Å². The van der Waals surface area contributed by atoms with Crippen LogP contribution >= 0.6 is 0 Å². The van der Waals surface area contributed by atoms with Crippen LogP contribution in [0.25, 0.3) is 0 Å². The third kappa shape index (κ3) is 10.7. The van der Waals surface area contributed by atoms with E-state index in [2.05, 4.69) is 41.9 Å². The first-order valence-corrected chi connectivity index (χ1v) is 12.3. The molecular formula is C28H36N4O6. The summed E-state index contributed by atoms with van der Waals surface area (Å²) in [6.45, 7) is 8.56. The van der Waals surface area contributed by atoms with E-state index in [4.69, 9.17) is 14.4 Å². The molecule has 3 aromatic rings. The van der Waals surface area contributed by atoms with E-state index in [-0.39, 0.29) is 31.7 Å². The molecule has 0 bridgehead atoms. The average molecular weight is 525 g/mol. The molecule has 4 N–H and O–H groups in total. The SMILES string of the molecule is CC(C)C.COc1cc(CC(=O)NCc2cc(CCC(=O)O)on2)ccc1NC(=O)Nc1ccccc1C. The average Bonchev–Trinajstić information content (AvgIpc) is 3.31. The number of hydrogen-bond donors (Lipinski definition) is 4. The molecule has 0 atom stereocenters. The summed E-state index contributed by atoms with van der Waals surface area (Å²) in [4.78, 5) is 35.3. The molecular weight excluding hydrogens is 488 g/mol. The molecule has 2 aromatic carbocycles. The Labute approximate surface area is 222 Å². The van der Waals surface area contributed by atoms with E-state index in [1.165, 1.54) is 7.11 Å². The van der Waals surface area contributed by atoms with Crippen molar-refractivity contribution in [2.24, 2.45) is 5.92 Å². The molecule has 38 heavy (non-hydrogen) atoms. The van der Waals surface area contributed by atoms with Gasteiger partial charge < -0.3 is 30.3 Å². The van der Waals surface area contributed by atoms with Gasteiger partial charge in [-0.1, -0.05) is 50.2 Å². The molecule has 0 saturated heterocycles. The van der Waals surface area contributed by atoms with Gasteiger partial charge in [-0.3, -0.25) is 9.59 Å². The lowest BCUT2D eigenvalue weighted by atomic mass is 10.1. The lowest BCUT2D eigenvalue weighted by Crippen LogP contribution is -2.24. The van der Waals surface area contributed by atoms with Crippen LogP contribution in [0.3, 0.4) is 0 Å². The highest BCUT2D eigenvalue weighted by Crippen LogP contribution is 2.26. The number of carboxylic acid groups (broad SMARTS) is 1. The fourth-order valence-corrected chi connectivity index (χ4v) is 3.16. The molecule has 10 heteroatoms. The van der Waals surface area contributed by atoms with Crippen molar-refractivity contribution in [1.82, 2.24) is 10.5 Å². The molecule has 0 aliphatic carbocycles. The van der Waals surface area contributed by atoms with Gasteiger partial charge >= 0.3 is 12.0 Å². The topological polar surface area (TPSA) is 143 Å². The molecule has 0 radical (unpaired) electrons. The van der Waals surface area contributed by atoms with Gasteiger partial charge in [0.15, 0.2) is 0 Å². The zero-order valence-electron chi connectivity index (χ0n) is 22.5. The Morgan fingerprint density at radius 3 is 2.37 bits per heavy atom. The monoisotopic (exact) mass is 524 g/mol. The van der Waals surface area contributed by atoms with Crippen molar-refractivity contribution in [3.8, 4) is 5.75 Å². The number of benzene rings is 2. The van der Waals surface area contributed by atoms with Crippen LogP contribution < -0.4 is 20.7 Å². The Morgan fingerprint density at radius 2 is 1.71 bits per heavy atom. The highest BCUT2D eigenvalue weighted by Gasteiger charge is 2.12. The maximum Gasteiger partial charge on any atom is 0.323 e. The summed E-state index contributed by atoms with van der Waals surface area (Å²) in [5, 5.41) is 20.8. The summed E-state index contributed by atoms with van der Waals surface area (Å²) >= 11 is 0. The van der Waals surface area contributed by atoms with Crippen LogP contribution in [0.2, 0.25) is 0 Å². The van der Waals surface area contributed by atoms with Gasteiger partial charge in [-0.05, 0) is 42.2 Å². The van der Waals surface area contributed by atoms with E-state index in [9.17, 15) is 14.4 Å². The normalized spacial score (nSPS) is 10.3. The minimum atomic E-state index is -0.921. The summed E-state index contributed by atoms with van der Waals surface area (Å²) < 4.78 is 10.4. The van der Waals surface area contributed by atoms with Gasteiger partial charge in [0.05, 0.1) is 32.2 Å². The van der Waals surface area contributed by atoms with Crippen molar-refractivity contribution in [2.75, 3.05) is 17.7 Å². The standard InChI is InChI=1S/C24H26N4O6.C4H10/c1-15-5-3-4-6-19(15)26-24(32)27-20-9-7-16(11-21(20)33-2)12-22(29)25-14-17-13-18(34-28-17)8-10-23(30)31;1-4(2)3/h3-7,9,11,13H,8,10,12,14H2,1-2H3,(H,25,29)(H,30,31)(H2,26,27,32);4H,1-3H3. The number of rotatable bonds is 10. The van der Waals surface area contributed by atoms with Crippen molar-refractivity contribution in [3.05, 3.63) is 71.1 Å². The number of amides is 3. The zero-order valence-corrected chi connectivity index (χ0v) is 22.5. The largest absolute Gasteiger partial charge is 0.495 e. The number of urea groups is 1. The third-order valence-corrected chi connectivity index (χ3v) is 4.93. The van der Waals surface area contributed by atoms with E-state index in [0.29, 0.717) is 34.1 Å². The number of nitrogens with one attached hydrogen (secondary N) is 3. The molecule has 1 heterocycles. The number of aliphatic carboxylic acids is 1. The predicted molar refractivity (Wildman–Crippen MR) is 145 cm³/mol. The molecule has 204 valence electrons. The maximum absolute atomic E-state index is 12.4. The summed E-state index contributed by atoms with van der Waals surface area (Å²) in [5.41, 5.74) is 3.31. The van der Waals surface area contributed by atoms with Crippen LogP contribution in [-0.2, 0) is 29.0 Å². The predicted octanol–water partition coefficient (Wildman–Crippen LogP) is 5.17. The summed E-state index contributed by atoms with van der Waals surface area (Å²) in [6, 6.07) is 13.7. The van der Waals surface area contributed by atoms with Gasteiger partial charge in [-0.15, -0.1) is 0 Å². The fraction of sp³-hybridized carbons (Fsp3) is 0.357. The van der Waals surface area contributed by atoms with Crippen LogP contribution in [0, 0.1) is 12.8 Å². The minimum Gasteiger partial charge on any atom is -0.495 e. The van der Waals surface area contributed by atoms with Gasteiger partial charge in [0, 0.05) is 18.2 Å². The summed E-state index contributed by atoms with van der Waals surface area (Å²) in [7, 11) is 1.48. The van der Waals surface area contributed by atoms with Gasteiger partial charge in [0.1, 0.15) is 17.2 Å². The number of nitrogens with zero attached hydrogens (tertiary/aromatic N) is 1. The Kier molecular flexibility index (Phi) is 11.8. The molecule has 0 aliphatic heterocycles. The number of anilines is 2. The molecule has 0 unspecified atom stereocenters. The lowest BCUT2D eigenvalue weighted by Gasteiger charge is -2.13. The molecule has 3 rings (SSSR count). The first kappa shape index (κ1) is 29.9. The lowest BCUT2D eigenvalue weighted by molar-refractivity contribution is -0.137. The van der Waals surface area contributed by atoms with Gasteiger partial charge in [-0.2, -0.15) is 0 Å². The molecule has 3 amide bonds. The van der Waals surface area contributed by atoms with E-state index < -0.39 is 12.0 Å². The van der Waals surface area contributed by atoms with E-state index in [1.54, 1.807) is 24.3 Å². The second kappa shape index (κ2) is 15.0. The van der Waals surface area contributed by atoms with Crippen molar-refractivity contribution in [2.45, 2.75) is 53.5 Å². The highest BCUT2D eigenvalue weighted by atomic mass is 16.5. The highest BCUT2D eigenvalue weighted by molar-refractivity contribution is 6.01. The zero-order chi connectivity index (χ0) is 28.1. The number of carboxylic acids is 1. The minimum absolute atomic E-state index is 0.0543. The number of para-hydroxylation sites is 1. The quantitative estimate of drug-likeness (QED) is 0.286. The van der Waals surface area contributed by atoms with E-state index in [0.717, 1.165) is 11.5 Å². The summed E-state index contributed by atoms with van der Waals surface area (Å²) in [6.07, 6.45) is 0.274. The van der Waals surface area contributed by atoms with Crippen molar-refractivity contribution < 1.29 is 28.8 Å².